The van der Waals surface area contributed by atoms with Crippen LogP contribution in [-0.2, 0) is 0 Å². The summed E-state index contributed by atoms with van der Waals surface area (Å²) in [6.07, 6.45) is 9.38. The topological polar surface area (TPSA) is 12.0 Å². The first kappa shape index (κ1) is 11.4. The molecule has 0 aromatic rings. The van der Waals surface area contributed by atoms with Gasteiger partial charge in [0.2, 0.25) is 0 Å². The van der Waals surface area contributed by atoms with Crippen molar-refractivity contribution in [1.29, 1.82) is 0 Å². The Hall–Kier alpha value is 0.310. The van der Waals surface area contributed by atoms with Crippen LogP contribution in [0.1, 0.15) is 39.0 Å². The van der Waals surface area contributed by atoms with Crippen molar-refractivity contribution in [2.75, 3.05) is 18.6 Å². The molecule has 0 heterocycles. The van der Waals surface area contributed by atoms with Gasteiger partial charge in [0.25, 0.3) is 0 Å². The minimum atomic E-state index is 0.840. The molecule has 0 aromatic heterocycles. The van der Waals surface area contributed by atoms with Gasteiger partial charge in [-0.3, -0.25) is 0 Å². The molecule has 2 atom stereocenters. The standard InChI is InChI=1S/C11H23NS/c1-3-12-11-8-4-6-10(11)7-5-9-13-2/h10-12H,3-9H2,1-2H3. The molecule has 1 saturated carbocycles. The predicted molar refractivity (Wildman–Crippen MR) is 62.4 cm³/mol. The summed E-state index contributed by atoms with van der Waals surface area (Å²) >= 11 is 1.98. The van der Waals surface area contributed by atoms with Crippen LogP contribution in [0.3, 0.4) is 0 Å². The first-order chi connectivity index (χ1) is 6.38. The van der Waals surface area contributed by atoms with E-state index < -0.39 is 0 Å². The van der Waals surface area contributed by atoms with Crippen molar-refractivity contribution >= 4 is 11.8 Å². The van der Waals surface area contributed by atoms with Gasteiger partial charge < -0.3 is 5.32 Å². The molecule has 0 radical (unpaired) electrons. The lowest BCUT2D eigenvalue weighted by molar-refractivity contribution is 0.383. The zero-order chi connectivity index (χ0) is 9.52. The molecule has 2 heteroatoms. The van der Waals surface area contributed by atoms with E-state index in [1.807, 2.05) is 11.8 Å². The fourth-order valence-corrected chi connectivity index (χ4v) is 2.86. The zero-order valence-corrected chi connectivity index (χ0v) is 9.83. The van der Waals surface area contributed by atoms with E-state index in [-0.39, 0.29) is 0 Å². The second kappa shape index (κ2) is 6.72. The van der Waals surface area contributed by atoms with Gasteiger partial charge in [0.05, 0.1) is 0 Å². The maximum Gasteiger partial charge on any atom is 0.00952 e. The van der Waals surface area contributed by atoms with Crippen LogP contribution in [-0.4, -0.2) is 24.6 Å². The maximum absolute atomic E-state index is 3.61. The molecule has 0 bridgehead atoms. The number of nitrogens with one attached hydrogen (secondary N) is 1. The predicted octanol–water partition coefficient (Wildman–Crippen LogP) is 2.91. The third-order valence-electron chi connectivity index (χ3n) is 3.05. The second-order valence-corrected chi connectivity index (χ2v) is 4.98. The summed E-state index contributed by atoms with van der Waals surface area (Å²) in [5.41, 5.74) is 0. The van der Waals surface area contributed by atoms with E-state index in [9.17, 15) is 0 Å². The first-order valence-electron chi connectivity index (χ1n) is 5.60. The van der Waals surface area contributed by atoms with Crippen LogP contribution < -0.4 is 5.32 Å². The van der Waals surface area contributed by atoms with Crippen LogP contribution in [0.2, 0.25) is 0 Å². The molecule has 1 rings (SSSR count). The molecule has 2 unspecified atom stereocenters. The number of hydrogen-bond donors (Lipinski definition) is 1. The summed E-state index contributed by atoms with van der Waals surface area (Å²) in [7, 11) is 0. The Morgan fingerprint density at radius 2 is 2.23 bits per heavy atom. The van der Waals surface area contributed by atoms with Gasteiger partial charge in [0.1, 0.15) is 0 Å². The lowest BCUT2D eigenvalue weighted by Crippen LogP contribution is -2.32. The van der Waals surface area contributed by atoms with Gasteiger partial charge in [0, 0.05) is 6.04 Å². The lowest BCUT2D eigenvalue weighted by Gasteiger charge is -2.19. The van der Waals surface area contributed by atoms with E-state index in [1.165, 1.54) is 37.9 Å². The van der Waals surface area contributed by atoms with Crippen molar-refractivity contribution in [1.82, 2.24) is 5.32 Å². The smallest absolute Gasteiger partial charge is 0.00952 e. The van der Waals surface area contributed by atoms with Crippen molar-refractivity contribution in [3.8, 4) is 0 Å². The molecule has 1 fully saturated rings. The fourth-order valence-electron chi connectivity index (χ4n) is 2.40. The van der Waals surface area contributed by atoms with Crippen LogP contribution in [0, 0.1) is 5.92 Å². The van der Waals surface area contributed by atoms with Gasteiger partial charge in [-0.1, -0.05) is 13.3 Å². The third-order valence-corrected chi connectivity index (χ3v) is 3.75. The van der Waals surface area contributed by atoms with Crippen molar-refractivity contribution in [3.63, 3.8) is 0 Å². The Labute approximate surface area is 87.1 Å². The quantitative estimate of drug-likeness (QED) is 0.663. The molecule has 1 aliphatic rings. The number of rotatable bonds is 6. The largest absolute Gasteiger partial charge is 0.314 e. The molecule has 0 saturated heterocycles. The van der Waals surface area contributed by atoms with Gasteiger partial charge in [-0.05, 0) is 50.2 Å². The Balaban J connectivity index is 2.15. The Morgan fingerprint density at radius 3 is 2.92 bits per heavy atom. The van der Waals surface area contributed by atoms with E-state index in [0.717, 1.165) is 18.5 Å². The van der Waals surface area contributed by atoms with Crippen LogP contribution in [0.25, 0.3) is 0 Å². The average Bonchev–Trinajstić information content (AvgIpc) is 2.54. The highest BCUT2D eigenvalue weighted by molar-refractivity contribution is 7.98. The first-order valence-corrected chi connectivity index (χ1v) is 7.00. The van der Waals surface area contributed by atoms with Gasteiger partial charge in [-0.25, -0.2) is 0 Å². The van der Waals surface area contributed by atoms with Crippen LogP contribution >= 0.6 is 11.8 Å². The summed E-state index contributed by atoms with van der Waals surface area (Å²) in [6, 6.07) is 0.840. The van der Waals surface area contributed by atoms with E-state index in [4.69, 9.17) is 0 Å². The van der Waals surface area contributed by atoms with Crippen molar-refractivity contribution in [2.45, 2.75) is 45.1 Å². The molecular weight excluding hydrogens is 178 g/mol. The molecular formula is C11H23NS. The normalized spacial score (nSPS) is 28.2. The summed E-state index contributed by atoms with van der Waals surface area (Å²) < 4.78 is 0. The van der Waals surface area contributed by atoms with Crippen molar-refractivity contribution < 1.29 is 0 Å². The molecule has 78 valence electrons. The van der Waals surface area contributed by atoms with E-state index in [1.54, 1.807) is 0 Å². The zero-order valence-electron chi connectivity index (χ0n) is 9.01. The molecule has 0 aliphatic heterocycles. The second-order valence-electron chi connectivity index (χ2n) is 3.99. The monoisotopic (exact) mass is 201 g/mol. The van der Waals surface area contributed by atoms with Crippen molar-refractivity contribution in [2.24, 2.45) is 5.92 Å². The third kappa shape index (κ3) is 3.90. The minimum absolute atomic E-state index is 0.840. The molecule has 0 aromatic carbocycles. The molecule has 13 heavy (non-hydrogen) atoms. The van der Waals surface area contributed by atoms with E-state index in [0.29, 0.717) is 0 Å². The highest BCUT2D eigenvalue weighted by Crippen LogP contribution is 2.29. The Morgan fingerprint density at radius 1 is 1.38 bits per heavy atom. The van der Waals surface area contributed by atoms with Crippen LogP contribution in [0.4, 0.5) is 0 Å². The molecule has 0 spiro atoms. The lowest BCUT2D eigenvalue weighted by atomic mass is 9.98. The summed E-state index contributed by atoms with van der Waals surface area (Å²) in [6.45, 7) is 3.36. The average molecular weight is 201 g/mol. The highest BCUT2D eigenvalue weighted by atomic mass is 32.2. The summed E-state index contributed by atoms with van der Waals surface area (Å²) in [5.74, 6) is 2.32. The van der Waals surface area contributed by atoms with Crippen molar-refractivity contribution in [3.05, 3.63) is 0 Å². The fraction of sp³-hybridized carbons (Fsp3) is 1.00. The molecule has 1 N–H and O–H groups in total. The van der Waals surface area contributed by atoms with Crippen LogP contribution in [0.15, 0.2) is 0 Å². The van der Waals surface area contributed by atoms with E-state index in [2.05, 4.69) is 18.5 Å². The number of hydrogen-bond acceptors (Lipinski definition) is 2. The number of thioether (sulfide) groups is 1. The minimum Gasteiger partial charge on any atom is -0.314 e. The summed E-state index contributed by atoms with van der Waals surface area (Å²) in [5, 5.41) is 3.61. The molecule has 1 nitrogen and oxygen atoms in total. The highest BCUT2D eigenvalue weighted by Gasteiger charge is 2.25. The Kier molecular flexibility index (Phi) is 5.88. The van der Waals surface area contributed by atoms with Gasteiger partial charge in [-0.15, -0.1) is 0 Å². The molecule has 0 amide bonds. The van der Waals surface area contributed by atoms with Gasteiger partial charge in [0.15, 0.2) is 0 Å². The maximum atomic E-state index is 3.61. The van der Waals surface area contributed by atoms with Gasteiger partial charge in [-0.2, -0.15) is 11.8 Å². The van der Waals surface area contributed by atoms with E-state index >= 15 is 0 Å². The Bertz CT molecular complexity index is 127. The molecule has 1 aliphatic carbocycles. The van der Waals surface area contributed by atoms with Gasteiger partial charge >= 0.3 is 0 Å². The summed E-state index contributed by atoms with van der Waals surface area (Å²) in [4.78, 5) is 0. The van der Waals surface area contributed by atoms with Crippen LogP contribution in [0.5, 0.6) is 0 Å². The SMILES string of the molecule is CCNC1CCCC1CCCSC.